The summed E-state index contributed by atoms with van der Waals surface area (Å²) in [6.07, 6.45) is 2.44. The van der Waals surface area contributed by atoms with Gasteiger partial charge in [0.2, 0.25) is 0 Å². The molecule has 0 aromatic heterocycles. The summed E-state index contributed by atoms with van der Waals surface area (Å²) in [6, 6.07) is 5.38. The minimum Gasteiger partial charge on any atom is -0.385 e. The Morgan fingerprint density at radius 2 is 1.94 bits per heavy atom. The molecule has 0 aliphatic carbocycles. The van der Waals surface area contributed by atoms with Crippen molar-refractivity contribution in [3.63, 3.8) is 0 Å². The van der Waals surface area contributed by atoms with E-state index in [4.69, 9.17) is 23.2 Å². The van der Waals surface area contributed by atoms with Gasteiger partial charge in [-0.15, -0.1) is 0 Å². The predicted octanol–water partition coefficient (Wildman–Crippen LogP) is 2.95. The van der Waals surface area contributed by atoms with Crippen LogP contribution in [0.15, 0.2) is 18.2 Å². The fourth-order valence-electron chi connectivity index (χ4n) is 2.13. The number of halogens is 2. The molecule has 0 amide bonds. The SMILES string of the molecule is OC1(c2ccc(Cl)c(Cl)c2)CCCNCC1. The Balaban J connectivity index is 2.29. The summed E-state index contributed by atoms with van der Waals surface area (Å²) < 4.78 is 0. The zero-order valence-electron chi connectivity index (χ0n) is 8.97. The van der Waals surface area contributed by atoms with Crippen LogP contribution >= 0.6 is 23.2 Å². The first kappa shape index (κ1) is 12.2. The highest BCUT2D eigenvalue weighted by Crippen LogP contribution is 2.34. The van der Waals surface area contributed by atoms with Crippen LogP contribution in [0.1, 0.15) is 24.8 Å². The largest absolute Gasteiger partial charge is 0.385 e. The molecule has 16 heavy (non-hydrogen) atoms. The molecule has 0 bridgehead atoms. The maximum Gasteiger partial charge on any atom is 0.0909 e. The second-order valence-corrected chi connectivity index (χ2v) is 5.08. The van der Waals surface area contributed by atoms with Gasteiger partial charge in [0.05, 0.1) is 15.6 Å². The molecule has 1 aromatic carbocycles. The van der Waals surface area contributed by atoms with Crippen LogP contribution in [0.3, 0.4) is 0 Å². The van der Waals surface area contributed by atoms with Crippen molar-refractivity contribution in [1.29, 1.82) is 0 Å². The third-order valence-corrected chi connectivity index (χ3v) is 3.86. The van der Waals surface area contributed by atoms with E-state index in [0.717, 1.165) is 31.5 Å². The van der Waals surface area contributed by atoms with Gasteiger partial charge in [-0.05, 0) is 50.0 Å². The van der Waals surface area contributed by atoms with Crippen LogP contribution in [-0.2, 0) is 5.60 Å². The van der Waals surface area contributed by atoms with Crippen molar-refractivity contribution < 1.29 is 5.11 Å². The Hall–Kier alpha value is -0.280. The average Bonchev–Trinajstić information content (AvgIpc) is 2.48. The monoisotopic (exact) mass is 259 g/mol. The molecule has 88 valence electrons. The van der Waals surface area contributed by atoms with Crippen LogP contribution in [0.4, 0.5) is 0 Å². The fraction of sp³-hybridized carbons (Fsp3) is 0.500. The molecule has 1 unspecified atom stereocenters. The number of hydrogen-bond acceptors (Lipinski definition) is 2. The van der Waals surface area contributed by atoms with Gasteiger partial charge in [0, 0.05) is 0 Å². The van der Waals surface area contributed by atoms with E-state index in [1.807, 2.05) is 6.07 Å². The van der Waals surface area contributed by atoms with Gasteiger partial charge in [-0.2, -0.15) is 0 Å². The maximum absolute atomic E-state index is 10.6. The van der Waals surface area contributed by atoms with E-state index in [2.05, 4.69) is 5.32 Å². The van der Waals surface area contributed by atoms with Crippen molar-refractivity contribution in [2.24, 2.45) is 0 Å². The predicted molar refractivity (Wildman–Crippen MR) is 67.1 cm³/mol. The van der Waals surface area contributed by atoms with Crippen molar-refractivity contribution >= 4 is 23.2 Å². The second kappa shape index (κ2) is 4.92. The standard InChI is InChI=1S/C12H15Cl2NO/c13-10-3-2-9(8-11(10)14)12(16)4-1-6-15-7-5-12/h2-3,8,15-16H,1,4-7H2. The molecule has 1 aromatic rings. The van der Waals surface area contributed by atoms with Gasteiger partial charge < -0.3 is 10.4 Å². The summed E-state index contributed by atoms with van der Waals surface area (Å²) in [5.41, 5.74) is 0.100. The molecule has 0 saturated carbocycles. The molecule has 1 fully saturated rings. The lowest BCUT2D eigenvalue weighted by Crippen LogP contribution is -2.27. The molecule has 0 spiro atoms. The van der Waals surface area contributed by atoms with Crippen molar-refractivity contribution in [3.8, 4) is 0 Å². The number of hydrogen-bond donors (Lipinski definition) is 2. The van der Waals surface area contributed by atoms with E-state index in [0.29, 0.717) is 16.5 Å². The van der Waals surface area contributed by atoms with Gasteiger partial charge in [-0.1, -0.05) is 29.3 Å². The number of rotatable bonds is 1. The first-order valence-corrected chi connectivity index (χ1v) is 6.26. The number of aliphatic hydroxyl groups is 1. The van der Waals surface area contributed by atoms with Crippen LogP contribution in [0, 0.1) is 0 Å². The van der Waals surface area contributed by atoms with Crippen molar-refractivity contribution in [3.05, 3.63) is 33.8 Å². The van der Waals surface area contributed by atoms with Crippen molar-refractivity contribution in [1.82, 2.24) is 5.32 Å². The van der Waals surface area contributed by atoms with Crippen LogP contribution in [-0.4, -0.2) is 18.2 Å². The highest BCUT2D eigenvalue weighted by molar-refractivity contribution is 6.42. The normalized spacial score (nSPS) is 26.4. The Morgan fingerprint density at radius 3 is 2.69 bits per heavy atom. The third kappa shape index (κ3) is 2.51. The summed E-state index contributed by atoms with van der Waals surface area (Å²) in [5, 5.41) is 14.9. The zero-order chi connectivity index (χ0) is 11.6. The molecule has 1 heterocycles. The molecule has 0 radical (unpaired) electrons. The van der Waals surface area contributed by atoms with Gasteiger partial charge in [0.25, 0.3) is 0 Å². The van der Waals surface area contributed by atoms with Gasteiger partial charge in [0.1, 0.15) is 0 Å². The highest BCUT2D eigenvalue weighted by atomic mass is 35.5. The van der Waals surface area contributed by atoms with Gasteiger partial charge in [0.15, 0.2) is 0 Å². The second-order valence-electron chi connectivity index (χ2n) is 4.26. The summed E-state index contributed by atoms with van der Waals surface area (Å²) in [7, 11) is 0. The topological polar surface area (TPSA) is 32.3 Å². The number of nitrogens with one attached hydrogen (secondary N) is 1. The molecular weight excluding hydrogens is 245 g/mol. The lowest BCUT2D eigenvalue weighted by Gasteiger charge is -2.27. The van der Waals surface area contributed by atoms with E-state index in [-0.39, 0.29) is 0 Å². The van der Waals surface area contributed by atoms with Crippen LogP contribution < -0.4 is 5.32 Å². The zero-order valence-corrected chi connectivity index (χ0v) is 10.5. The molecule has 2 N–H and O–H groups in total. The fourth-order valence-corrected chi connectivity index (χ4v) is 2.42. The van der Waals surface area contributed by atoms with E-state index in [1.54, 1.807) is 12.1 Å². The summed E-state index contributed by atoms with van der Waals surface area (Å²) in [4.78, 5) is 0. The summed E-state index contributed by atoms with van der Waals surface area (Å²) in [5.74, 6) is 0. The van der Waals surface area contributed by atoms with Gasteiger partial charge in [-0.3, -0.25) is 0 Å². The first-order valence-electron chi connectivity index (χ1n) is 5.50. The lowest BCUT2D eigenvalue weighted by molar-refractivity contribution is 0.0240. The molecule has 1 aliphatic heterocycles. The lowest BCUT2D eigenvalue weighted by atomic mass is 9.87. The molecular formula is C12H15Cl2NO. The van der Waals surface area contributed by atoms with Crippen LogP contribution in [0.2, 0.25) is 10.0 Å². The minimum absolute atomic E-state index is 0.504. The molecule has 1 aliphatic rings. The molecule has 1 saturated heterocycles. The first-order chi connectivity index (χ1) is 7.62. The maximum atomic E-state index is 10.6. The van der Waals surface area contributed by atoms with Crippen LogP contribution in [0.5, 0.6) is 0 Å². The number of benzene rings is 1. The van der Waals surface area contributed by atoms with E-state index in [9.17, 15) is 5.11 Å². The molecule has 1 atom stereocenters. The smallest absolute Gasteiger partial charge is 0.0909 e. The van der Waals surface area contributed by atoms with Gasteiger partial charge in [-0.25, -0.2) is 0 Å². The van der Waals surface area contributed by atoms with Gasteiger partial charge >= 0.3 is 0 Å². The van der Waals surface area contributed by atoms with E-state index in [1.165, 1.54) is 0 Å². The quantitative estimate of drug-likeness (QED) is 0.813. The molecule has 4 heteroatoms. The van der Waals surface area contributed by atoms with Crippen LogP contribution in [0.25, 0.3) is 0 Å². The Kier molecular flexibility index (Phi) is 3.75. The Labute approximate surface area is 106 Å². The average molecular weight is 260 g/mol. The minimum atomic E-state index is -0.766. The highest BCUT2D eigenvalue weighted by Gasteiger charge is 2.30. The third-order valence-electron chi connectivity index (χ3n) is 3.12. The van der Waals surface area contributed by atoms with E-state index >= 15 is 0 Å². The van der Waals surface area contributed by atoms with Crippen molar-refractivity contribution in [2.75, 3.05) is 13.1 Å². The Bertz CT molecular complexity index is 373. The summed E-state index contributed by atoms with van der Waals surface area (Å²) in [6.45, 7) is 1.79. The Morgan fingerprint density at radius 1 is 1.12 bits per heavy atom. The molecule has 2 nitrogen and oxygen atoms in total. The summed E-state index contributed by atoms with van der Waals surface area (Å²) >= 11 is 11.8. The van der Waals surface area contributed by atoms with E-state index < -0.39 is 5.60 Å². The van der Waals surface area contributed by atoms with Crippen molar-refractivity contribution in [2.45, 2.75) is 24.9 Å². The molecule has 2 rings (SSSR count).